The molecule has 1 atom stereocenters. The zero-order valence-corrected chi connectivity index (χ0v) is 9.67. The molecule has 0 saturated carbocycles. The van der Waals surface area contributed by atoms with Gasteiger partial charge in [-0.1, -0.05) is 0 Å². The molecule has 0 bridgehead atoms. The van der Waals surface area contributed by atoms with Crippen LogP contribution < -0.4 is 16.2 Å². The van der Waals surface area contributed by atoms with Gasteiger partial charge < -0.3 is 20.4 Å². The lowest BCUT2D eigenvalue weighted by Crippen LogP contribution is -2.41. The van der Waals surface area contributed by atoms with Crippen molar-refractivity contribution in [2.75, 3.05) is 33.8 Å². The van der Waals surface area contributed by atoms with Crippen LogP contribution in [0.2, 0.25) is 0 Å². The molecule has 1 amide bonds. The first-order chi connectivity index (χ1) is 7.66. The Labute approximate surface area is 95.0 Å². The molecule has 90 valence electrons. The van der Waals surface area contributed by atoms with Crippen LogP contribution >= 0.6 is 0 Å². The molecule has 0 aliphatic carbocycles. The summed E-state index contributed by atoms with van der Waals surface area (Å²) in [7, 11) is 3.36. The molecule has 0 fully saturated rings. The zero-order chi connectivity index (χ0) is 11.5. The number of amides is 1. The molecule has 2 rings (SSSR count). The second kappa shape index (κ2) is 4.71. The zero-order valence-electron chi connectivity index (χ0n) is 9.67. The average Bonchev–Trinajstić information content (AvgIpc) is 2.72. The highest BCUT2D eigenvalue weighted by atomic mass is 16.6. The number of carbonyl (C=O) groups is 1. The second-order valence-corrected chi connectivity index (χ2v) is 4.31. The van der Waals surface area contributed by atoms with E-state index in [1.165, 1.54) is 16.2 Å². The quantitative estimate of drug-likeness (QED) is 0.587. The third-order valence-electron chi connectivity index (χ3n) is 2.80. The molecule has 2 aliphatic rings. The lowest BCUT2D eigenvalue weighted by Gasteiger charge is -2.25. The minimum atomic E-state index is -0.293. The van der Waals surface area contributed by atoms with Gasteiger partial charge in [-0.25, -0.2) is 10.2 Å². The average molecular weight is 226 g/mol. The van der Waals surface area contributed by atoms with Crippen LogP contribution in [0.5, 0.6) is 0 Å². The summed E-state index contributed by atoms with van der Waals surface area (Å²) >= 11 is 0. The maximum Gasteiger partial charge on any atom is 0.409 e. The Morgan fingerprint density at radius 3 is 3.06 bits per heavy atom. The van der Waals surface area contributed by atoms with Crippen molar-refractivity contribution in [2.24, 2.45) is 0 Å². The van der Waals surface area contributed by atoms with Crippen LogP contribution in [0.3, 0.4) is 0 Å². The van der Waals surface area contributed by atoms with Crippen molar-refractivity contribution >= 4 is 6.09 Å². The fourth-order valence-corrected chi connectivity index (χ4v) is 1.82. The van der Waals surface area contributed by atoms with Gasteiger partial charge in [-0.05, 0) is 5.57 Å². The molecule has 0 radical (unpaired) electrons. The van der Waals surface area contributed by atoms with E-state index in [9.17, 15) is 4.79 Å². The molecule has 6 nitrogen and oxygen atoms in total. The van der Waals surface area contributed by atoms with Crippen LogP contribution in [0.4, 0.5) is 4.79 Å². The lowest BCUT2D eigenvalue weighted by molar-refractivity contribution is 0.107. The maximum atomic E-state index is 11.2. The van der Waals surface area contributed by atoms with Gasteiger partial charge in [-0.3, -0.25) is 0 Å². The molecule has 2 heterocycles. The Morgan fingerprint density at radius 2 is 2.31 bits per heavy atom. The standard InChI is InChI=1S/C10H18N4O2/c1-14(2)10(15)16-6-8-3-9-7(4-11-8)5-12-13-9/h8,11-13H,3-6H2,1-2H3. The van der Waals surface area contributed by atoms with E-state index in [0.29, 0.717) is 6.61 Å². The number of hydrogen-bond donors (Lipinski definition) is 3. The summed E-state index contributed by atoms with van der Waals surface area (Å²) in [6, 6.07) is 0.204. The summed E-state index contributed by atoms with van der Waals surface area (Å²) in [6.45, 7) is 2.17. The van der Waals surface area contributed by atoms with Crippen molar-refractivity contribution in [1.82, 2.24) is 21.1 Å². The smallest absolute Gasteiger partial charge is 0.409 e. The van der Waals surface area contributed by atoms with Crippen LogP contribution in [-0.4, -0.2) is 50.8 Å². The molecule has 1 unspecified atom stereocenters. The Balaban J connectivity index is 1.78. The van der Waals surface area contributed by atoms with Crippen LogP contribution in [0.1, 0.15) is 6.42 Å². The number of nitrogens with zero attached hydrogens (tertiary/aromatic N) is 1. The Morgan fingerprint density at radius 1 is 1.50 bits per heavy atom. The van der Waals surface area contributed by atoms with Crippen molar-refractivity contribution < 1.29 is 9.53 Å². The van der Waals surface area contributed by atoms with Gasteiger partial charge in [0.05, 0.1) is 0 Å². The number of nitrogens with one attached hydrogen (secondary N) is 3. The van der Waals surface area contributed by atoms with Crippen LogP contribution in [0, 0.1) is 0 Å². The summed E-state index contributed by atoms with van der Waals surface area (Å²) in [5.74, 6) is 0. The van der Waals surface area contributed by atoms with Gasteiger partial charge in [0.1, 0.15) is 6.61 Å². The Kier molecular flexibility index (Phi) is 3.31. The van der Waals surface area contributed by atoms with Crippen molar-refractivity contribution in [3.05, 3.63) is 11.3 Å². The molecule has 0 spiro atoms. The largest absolute Gasteiger partial charge is 0.448 e. The van der Waals surface area contributed by atoms with Crippen molar-refractivity contribution in [3.63, 3.8) is 0 Å². The first kappa shape index (κ1) is 11.2. The topological polar surface area (TPSA) is 65.6 Å². The van der Waals surface area contributed by atoms with Gasteiger partial charge >= 0.3 is 6.09 Å². The van der Waals surface area contributed by atoms with E-state index in [2.05, 4.69) is 16.2 Å². The second-order valence-electron chi connectivity index (χ2n) is 4.31. The van der Waals surface area contributed by atoms with E-state index in [1.807, 2.05) is 0 Å². The highest BCUT2D eigenvalue weighted by Gasteiger charge is 2.24. The van der Waals surface area contributed by atoms with Gasteiger partial charge in [-0.15, -0.1) is 0 Å². The number of ether oxygens (including phenoxy) is 1. The first-order valence-electron chi connectivity index (χ1n) is 5.44. The molecular weight excluding hydrogens is 208 g/mol. The lowest BCUT2D eigenvalue weighted by atomic mass is 10.0. The minimum absolute atomic E-state index is 0.204. The van der Waals surface area contributed by atoms with E-state index in [0.717, 1.165) is 19.5 Å². The maximum absolute atomic E-state index is 11.2. The fraction of sp³-hybridized carbons (Fsp3) is 0.700. The van der Waals surface area contributed by atoms with Gasteiger partial charge in [0.25, 0.3) is 0 Å². The molecule has 0 saturated heterocycles. The summed E-state index contributed by atoms with van der Waals surface area (Å²) in [5.41, 5.74) is 8.84. The van der Waals surface area contributed by atoms with Crippen LogP contribution in [0.15, 0.2) is 11.3 Å². The van der Waals surface area contributed by atoms with Gasteiger partial charge in [0.15, 0.2) is 0 Å². The van der Waals surface area contributed by atoms with Gasteiger partial charge in [-0.2, -0.15) is 0 Å². The highest BCUT2D eigenvalue weighted by Crippen LogP contribution is 2.16. The fourth-order valence-electron chi connectivity index (χ4n) is 1.82. The molecule has 0 aromatic heterocycles. The summed E-state index contributed by atoms with van der Waals surface area (Å²) in [5, 5.41) is 3.35. The predicted octanol–water partition coefficient (Wildman–Crippen LogP) is -0.592. The van der Waals surface area contributed by atoms with Crippen molar-refractivity contribution in [3.8, 4) is 0 Å². The molecule has 6 heteroatoms. The summed E-state index contributed by atoms with van der Waals surface area (Å²) in [4.78, 5) is 12.7. The summed E-state index contributed by atoms with van der Waals surface area (Å²) < 4.78 is 5.15. The van der Waals surface area contributed by atoms with E-state index in [4.69, 9.17) is 4.74 Å². The number of hydrazine groups is 1. The highest BCUT2D eigenvalue weighted by molar-refractivity contribution is 5.66. The van der Waals surface area contributed by atoms with E-state index in [1.54, 1.807) is 14.1 Å². The third-order valence-corrected chi connectivity index (χ3v) is 2.80. The Bertz CT molecular complexity index is 314. The van der Waals surface area contributed by atoms with Gasteiger partial charge in [0.2, 0.25) is 0 Å². The predicted molar refractivity (Wildman–Crippen MR) is 59.6 cm³/mol. The third kappa shape index (κ3) is 2.45. The van der Waals surface area contributed by atoms with Crippen LogP contribution in [0.25, 0.3) is 0 Å². The van der Waals surface area contributed by atoms with E-state index >= 15 is 0 Å². The summed E-state index contributed by atoms with van der Waals surface area (Å²) in [6.07, 6.45) is 0.586. The molecule has 0 aromatic carbocycles. The van der Waals surface area contributed by atoms with Crippen molar-refractivity contribution in [1.29, 1.82) is 0 Å². The van der Waals surface area contributed by atoms with Gasteiger partial charge in [0, 0.05) is 45.3 Å². The Hall–Kier alpha value is -1.27. The molecular formula is C10H18N4O2. The first-order valence-corrected chi connectivity index (χ1v) is 5.44. The normalized spacial score (nSPS) is 23.8. The number of carbonyl (C=O) groups excluding carboxylic acids is 1. The van der Waals surface area contributed by atoms with Crippen LogP contribution in [-0.2, 0) is 4.74 Å². The molecule has 0 aromatic rings. The van der Waals surface area contributed by atoms with E-state index in [-0.39, 0.29) is 12.1 Å². The minimum Gasteiger partial charge on any atom is -0.448 e. The molecule has 2 aliphatic heterocycles. The molecule has 3 N–H and O–H groups in total. The molecule has 16 heavy (non-hydrogen) atoms. The monoisotopic (exact) mass is 226 g/mol. The number of rotatable bonds is 2. The SMILES string of the molecule is CN(C)C(=O)OCC1CC2=C(CNN2)CN1. The van der Waals surface area contributed by atoms with E-state index < -0.39 is 0 Å². The van der Waals surface area contributed by atoms with Crippen molar-refractivity contribution in [2.45, 2.75) is 12.5 Å². The number of hydrogen-bond acceptors (Lipinski definition) is 5.